The number of rotatable bonds is 1. The molecule has 1 fully saturated rings. The number of nitrogens with zero attached hydrogens (tertiary/aromatic N) is 3. The van der Waals surface area contributed by atoms with Crippen LogP contribution in [-0.4, -0.2) is 39.7 Å². The van der Waals surface area contributed by atoms with Gasteiger partial charge in [0, 0.05) is 30.4 Å². The van der Waals surface area contributed by atoms with Gasteiger partial charge in [0.05, 0.1) is 0 Å². The zero-order valence-electron chi connectivity index (χ0n) is 13.6. The topological polar surface area (TPSA) is 55.3 Å². The van der Waals surface area contributed by atoms with E-state index in [1.54, 1.807) is 4.90 Å². The third kappa shape index (κ3) is 4.41. The van der Waals surface area contributed by atoms with E-state index in [2.05, 4.69) is 9.97 Å². The SMILES string of the molecule is Cc1cc(C2CCCN(C(=O)OC(C)(C)C)C2)nc(C)n1. The van der Waals surface area contributed by atoms with E-state index in [9.17, 15) is 4.79 Å². The van der Waals surface area contributed by atoms with Crippen LogP contribution in [0.4, 0.5) is 4.79 Å². The standard InChI is InChI=1S/C16H25N3O2/c1-11-9-14(18-12(2)17-11)13-7-6-8-19(10-13)15(20)21-16(3,4)5/h9,13H,6-8,10H2,1-5H3. The number of hydrogen-bond acceptors (Lipinski definition) is 4. The molecule has 1 aliphatic heterocycles. The third-order valence-corrected chi connectivity index (χ3v) is 3.48. The van der Waals surface area contributed by atoms with E-state index in [4.69, 9.17) is 4.74 Å². The van der Waals surface area contributed by atoms with Crippen LogP contribution in [0.2, 0.25) is 0 Å². The van der Waals surface area contributed by atoms with Crippen molar-refractivity contribution in [2.45, 2.75) is 59.0 Å². The summed E-state index contributed by atoms with van der Waals surface area (Å²) < 4.78 is 5.46. The highest BCUT2D eigenvalue weighted by molar-refractivity contribution is 5.68. The monoisotopic (exact) mass is 291 g/mol. The van der Waals surface area contributed by atoms with Gasteiger partial charge in [-0.05, 0) is 53.5 Å². The van der Waals surface area contributed by atoms with Crippen molar-refractivity contribution in [3.63, 3.8) is 0 Å². The summed E-state index contributed by atoms with van der Waals surface area (Å²) in [5.74, 6) is 1.06. The average Bonchev–Trinajstić information content (AvgIpc) is 2.36. The number of carbonyl (C=O) groups excluding carboxylic acids is 1. The van der Waals surface area contributed by atoms with Gasteiger partial charge >= 0.3 is 6.09 Å². The first kappa shape index (κ1) is 15.7. The zero-order chi connectivity index (χ0) is 15.6. The minimum absolute atomic E-state index is 0.227. The zero-order valence-corrected chi connectivity index (χ0v) is 13.6. The lowest BCUT2D eigenvalue weighted by Gasteiger charge is -2.34. The molecule has 1 unspecified atom stereocenters. The number of ether oxygens (including phenoxy) is 1. The van der Waals surface area contributed by atoms with Crippen LogP contribution >= 0.6 is 0 Å². The number of likely N-dealkylation sites (tertiary alicyclic amines) is 1. The first-order valence-electron chi connectivity index (χ1n) is 7.55. The van der Waals surface area contributed by atoms with Gasteiger partial charge in [0.2, 0.25) is 0 Å². The Morgan fingerprint density at radius 3 is 2.67 bits per heavy atom. The van der Waals surface area contributed by atoms with Crippen molar-refractivity contribution in [2.24, 2.45) is 0 Å². The van der Waals surface area contributed by atoms with Crippen molar-refractivity contribution in [1.29, 1.82) is 0 Å². The Balaban J connectivity index is 2.08. The molecule has 116 valence electrons. The highest BCUT2D eigenvalue weighted by atomic mass is 16.6. The summed E-state index contributed by atoms with van der Waals surface area (Å²) in [6.45, 7) is 11.0. The van der Waals surface area contributed by atoms with Crippen LogP contribution in [0, 0.1) is 13.8 Å². The fraction of sp³-hybridized carbons (Fsp3) is 0.688. The molecule has 1 aliphatic rings. The number of aryl methyl sites for hydroxylation is 2. The Kier molecular flexibility index (Phi) is 4.49. The molecule has 0 N–H and O–H groups in total. The van der Waals surface area contributed by atoms with E-state index in [0.717, 1.165) is 36.6 Å². The number of piperidine rings is 1. The molecule has 0 radical (unpaired) electrons. The molecule has 21 heavy (non-hydrogen) atoms. The Labute approximate surface area is 126 Å². The molecule has 0 saturated carbocycles. The fourth-order valence-electron chi connectivity index (χ4n) is 2.67. The van der Waals surface area contributed by atoms with Gasteiger partial charge in [-0.15, -0.1) is 0 Å². The van der Waals surface area contributed by atoms with Gasteiger partial charge in [0.1, 0.15) is 11.4 Å². The summed E-state index contributed by atoms with van der Waals surface area (Å²) >= 11 is 0. The Morgan fingerprint density at radius 1 is 1.33 bits per heavy atom. The Hall–Kier alpha value is -1.65. The number of carbonyl (C=O) groups is 1. The maximum atomic E-state index is 12.2. The smallest absolute Gasteiger partial charge is 0.410 e. The number of amides is 1. The number of hydrogen-bond donors (Lipinski definition) is 0. The predicted molar refractivity (Wildman–Crippen MR) is 81.3 cm³/mol. The van der Waals surface area contributed by atoms with Gasteiger partial charge in [-0.2, -0.15) is 0 Å². The minimum Gasteiger partial charge on any atom is -0.444 e. The highest BCUT2D eigenvalue weighted by Gasteiger charge is 2.29. The fourth-order valence-corrected chi connectivity index (χ4v) is 2.67. The summed E-state index contributed by atoms with van der Waals surface area (Å²) in [5, 5.41) is 0. The quantitative estimate of drug-likeness (QED) is 0.797. The van der Waals surface area contributed by atoms with Gasteiger partial charge in [0.15, 0.2) is 0 Å². The molecule has 0 aromatic carbocycles. The molecular formula is C16H25N3O2. The van der Waals surface area contributed by atoms with E-state index in [0.29, 0.717) is 6.54 Å². The molecule has 1 atom stereocenters. The molecule has 0 aliphatic carbocycles. The van der Waals surface area contributed by atoms with Crippen LogP contribution in [0.3, 0.4) is 0 Å². The van der Waals surface area contributed by atoms with Crippen LogP contribution < -0.4 is 0 Å². The molecule has 1 aromatic rings. The minimum atomic E-state index is -0.452. The largest absolute Gasteiger partial charge is 0.444 e. The molecular weight excluding hydrogens is 266 g/mol. The molecule has 2 heterocycles. The molecule has 1 amide bonds. The lowest BCUT2D eigenvalue weighted by Crippen LogP contribution is -2.42. The molecule has 2 rings (SSSR count). The second kappa shape index (κ2) is 6.00. The normalized spacial score (nSPS) is 19.5. The Bertz CT molecular complexity index is 502. The summed E-state index contributed by atoms with van der Waals surface area (Å²) in [6, 6.07) is 2.02. The number of aromatic nitrogens is 2. The highest BCUT2D eigenvalue weighted by Crippen LogP contribution is 2.27. The molecule has 0 bridgehead atoms. The molecule has 1 saturated heterocycles. The van der Waals surface area contributed by atoms with Crippen LogP contribution in [0.15, 0.2) is 6.07 Å². The van der Waals surface area contributed by atoms with Gasteiger partial charge in [-0.3, -0.25) is 0 Å². The first-order valence-corrected chi connectivity index (χ1v) is 7.55. The predicted octanol–water partition coefficient (Wildman–Crippen LogP) is 3.21. The van der Waals surface area contributed by atoms with E-state index in [1.807, 2.05) is 40.7 Å². The molecule has 1 aromatic heterocycles. The van der Waals surface area contributed by atoms with Crippen molar-refractivity contribution in [2.75, 3.05) is 13.1 Å². The van der Waals surface area contributed by atoms with E-state index in [1.165, 1.54) is 0 Å². The molecule has 0 spiro atoms. The van der Waals surface area contributed by atoms with Gasteiger partial charge < -0.3 is 9.64 Å². The lowest BCUT2D eigenvalue weighted by molar-refractivity contribution is 0.0197. The van der Waals surface area contributed by atoms with Crippen molar-refractivity contribution in [1.82, 2.24) is 14.9 Å². The summed E-state index contributed by atoms with van der Waals surface area (Å²) in [7, 11) is 0. The summed E-state index contributed by atoms with van der Waals surface area (Å²) in [4.78, 5) is 22.8. The third-order valence-electron chi connectivity index (χ3n) is 3.48. The van der Waals surface area contributed by atoms with E-state index < -0.39 is 5.60 Å². The second-order valence-corrected chi connectivity index (χ2v) is 6.75. The van der Waals surface area contributed by atoms with Gasteiger partial charge in [-0.25, -0.2) is 14.8 Å². The van der Waals surface area contributed by atoms with Crippen molar-refractivity contribution in [3.8, 4) is 0 Å². The molecule has 5 heteroatoms. The first-order chi connectivity index (χ1) is 9.74. The van der Waals surface area contributed by atoms with Crippen molar-refractivity contribution in [3.05, 3.63) is 23.3 Å². The average molecular weight is 291 g/mol. The van der Waals surface area contributed by atoms with Crippen molar-refractivity contribution < 1.29 is 9.53 Å². The maximum Gasteiger partial charge on any atom is 0.410 e. The van der Waals surface area contributed by atoms with Gasteiger partial charge in [0.25, 0.3) is 0 Å². The molecule has 5 nitrogen and oxygen atoms in total. The van der Waals surface area contributed by atoms with Crippen LogP contribution in [-0.2, 0) is 4.74 Å². The van der Waals surface area contributed by atoms with Crippen LogP contribution in [0.1, 0.15) is 56.7 Å². The second-order valence-electron chi connectivity index (χ2n) is 6.75. The maximum absolute atomic E-state index is 12.2. The Morgan fingerprint density at radius 2 is 2.05 bits per heavy atom. The van der Waals surface area contributed by atoms with Crippen LogP contribution in [0.25, 0.3) is 0 Å². The summed E-state index contributed by atoms with van der Waals surface area (Å²) in [5.41, 5.74) is 1.56. The van der Waals surface area contributed by atoms with E-state index >= 15 is 0 Å². The van der Waals surface area contributed by atoms with Crippen LogP contribution in [0.5, 0.6) is 0 Å². The van der Waals surface area contributed by atoms with E-state index in [-0.39, 0.29) is 12.0 Å². The van der Waals surface area contributed by atoms with Gasteiger partial charge in [-0.1, -0.05) is 0 Å². The lowest BCUT2D eigenvalue weighted by atomic mass is 9.94. The summed E-state index contributed by atoms with van der Waals surface area (Å²) in [6.07, 6.45) is 1.80. The van der Waals surface area contributed by atoms with Crippen molar-refractivity contribution >= 4 is 6.09 Å².